The molecule has 2 fully saturated rings. The molecule has 0 spiro atoms. The third-order valence-electron chi connectivity index (χ3n) is 6.95. The molecule has 1 atom stereocenters. The van der Waals surface area contributed by atoms with Gasteiger partial charge in [-0.15, -0.1) is 10.2 Å². The van der Waals surface area contributed by atoms with Gasteiger partial charge in [0.15, 0.2) is 5.16 Å². The van der Waals surface area contributed by atoms with E-state index < -0.39 is 0 Å². The summed E-state index contributed by atoms with van der Waals surface area (Å²) in [5, 5.41) is 12.6. The highest BCUT2D eigenvalue weighted by atomic mass is 32.2. The van der Waals surface area contributed by atoms with Crippen molar-refractivity contribution in [1.82, 2.24) is 19.7 Å². The number of rotatable bonds is 6. The lowest BCUT2D eigenvalue weighted by molar-refractivity contribution is -0.129. The summed E-state index contributed by atoms with van der Waals surface area (Å²) in [6.07, 6.45) is 9.16. The number of nitrogens with zero attached hydrogens (tertiary/aromatic N) is 4. The van der Waals surface area contributed by atoms with E-state index >= 15 is 0 Å². The molecular weight excluding hydrogens is 416 g/mol. The number of carbonyl (C=O) groups excluding carboxylic acids is 1. The fraction of sp³-hybridized carbons (Fsp3) is 0.500. The van der Waals surface area contributed by atoms with Crippen LogP contribution in [0.15, 0.2) is 47.6 Å². The second-order valence-corrected chi connectivity index (χ2v) is 10.5. The maximum Gasteiger partial charge on any atom is 0.235 e. The Balaban J connectivity index is 1.44. The van der Waals surface area contributed by atoms with Crippen molar-refractivity contribution in [2.45, 2.75) is 74.7 Å². The predicted molar refractivity (Wildman–Crippen MR) is 130 cm³/mol. The minimum absolute atomic E-state index is 0.134. The Hall–Kier alpha value is -2.34. The van der Waals surface area contributed by atoms with Crippen molar-refractivity contribution in [2.75, 3.05) is 13.1 Å². The fourth-order valence-corrected chi connectivity index (χ4v) is 6.26. The van der Waals surface area contributed by atoms with Gasteiger partial charge >= 0.3 is 0 Å². The molecule has 0 radical (unpaired) electrons. The van der Waals surface area contributed by atoms with Gasteiger partial charge in [0.05, 0.1) is 5.25 Å². The molecule has 1 amide bonds. The Labute approximate surface area is 194 Å². The molecule has 2 aliphatic rings. The molecule has 5 rings (SSSR count). The SMILES string of the molecule is CC(Sc1nnc(Cc2cccc3ccccc23)n1C1CCCCC1)C(=O)N1CCCC1. The van der Waals surface area contributed by atoms with Gasteiger partial charge < -0.3 is 9.47 Å². The monoisotopic (exact) mass is 448 g/mol. The van der Waals surface area contributed by atoms with Crippen molar-refractivity contribution >= 4 is 28.4 Å². The number of thioether (sulfide) groups is 1. The normalized spacial score (nSPS) is 18.3. The van der Waals surface area contributed by atoms with Crippen LogP contribution in [0.1, 0.15) is 69.3 Å². The summed E-state index contributed by atoms with van der Waals surface area (Å²) in [7, 11) is 0. The second kappa shape index (κ2) is 9.65. The molecule has 6 heteroatoms. The maximum atomic E-state index is 12.9. The van der Waals surface area contributed by atoms with Crippen molar-refractivity contribution in [2.24, 2.45) is 0 Å². The van der Waals surface area contributed by atoms with Crippen LogP contribution in [0.2, 0.25) is 0 Å². The van der Waals surface area contributed by atoms with Gasteiger partial charge in [0.1, 0.15) is 5.82 Å². The van der Waals surface area contributed by atoms with Gasteiger partial charge in [0.25, 0.3) is 0 Å². The molecule has 2 aromatic carbocycles. The van der Waals surface area contributed by atoms with Crippen molar-refractivity contribution in [3.05, 3.63) is 53.9 Å². The second-order valence-electron chi connectivity index (χ2n) is 9.17. The Kier molecular flexibility index (Phi) is 6.49. The standard InChI is InChI=1S/C26H32N4OS/c1-19(25(31)29-16-7-8-17-29)32-26-28-27-24(30(26)22-13-3-2-4-14-22)18-21-12-9-11-20-10-5-6-15-23(20)21/h5-6,9-12,15,19,22H,2-4,7-8,13-14,16-18H2,1H3. The van der Waals surface area contributed by atoms with E-state index in [4.69, 9.17) is 0 Å². The number of amides is 1. The van der Waals surface area contributed by atoms with Crippen LogP contribution < -0.4 is 0 Å². The number of benzene rings is 2. The molecular formula is C26H32N4OS. The van der Waals surface area contributed by atoms with Crippen LogP contribution >= 0.6 is 11.8 Å². The lowest BCUT2D eigenvalue weighted by Gasteiger charge is -2.26. The number of fused-ring (bicyclic) bond motifs is 1. The lowest BCUT2D eigenvalue weighted by Crippen LogP contribution is -2.34. The van der Waals surface area contributed by atoms with Crippen LogP contribution in [0.25, 0.3) is 10.8 Å². The van der Waals surface area contributed by atoms with Crippen molar-refractivity contribution in [3.63, 3.8) is 0 Å². The molecule has 168 valence electrons. The largest absolute Gasteiger partial charge is 0.342 e. The first-order chi connectivity index (χ1) is 15.7. The Morgan fingerprint density at radius 2 is 1.75 bits per heavy atom. The smallest absolute Gasteiger partial charge is 0.235 e. The lowest BCUT2D eigenvalue weighted by atomic mass is 9.95. The first-order valence-corrected chi connectivity index (χ1v) is 12.9. The van der Waals surface area contributed by atoms with E-state index in [9.17, 15) is 4.79 Å². The van der Waals surface area contributed by atoms with Crippen LogP contribution in [0.3, 0.4) is 0 Å². The molecule has 1 saturated heterocycles. The summed E-state index contributed by atoms with van der Waals surface area (Å²) in [4.78, 5) is 14.9. The molecule has 0 bridgehead atoms. The molecule has 32 heavy (non-hydrogen) atoms. The van der Waals surface area contributed by atoms with Crippen LogP contribution in [0, 0.1) is 0 Å². The maximum absolute atomic E-state index is 12.9. The Morgan fingerprint density at radius 3 is 2.56 bits per heavy atom. The zero-order valence-electron chi connectivity index (χ0n) is 18.9. The predicted octanol–water partition coefficient (Wildman–Crippen LogP) is 5.63. The van der Waals surface area contributed by atoms with E-state index in [2.05, 4.69) is 57.2 Å². The highest BCUT2D eigenvalue weighted by molar-refractivity contribution is 8.00. The van der Waals surface area contributed by atoms with Gasteiger partial charge in [-0.3, -0.25) is 4.79 Å². The summed E-state index contributed by atoms with van der Waals surface area (Å²) < 4.78 is 2.37. The summed E-state index contributed by atoms with van der Waals surface area (Å²) in [5.74, 6) is 1.26. The minimum Gasteiger partial charge on any atom is -0.342 e. The van der Waals surface area contributed by atoms with Gasteiger partial charge in [-0.05, 0) is 48.9 Å². The quantitative estimate of drug-likeness (QED) is 0.459. The van der Waals surface area contributed by atoms with Crippen molar-refractivity contribution in [3.8, 4) is 0 Å². The zero-order valence-corrected chi connectivity index (χ0v) is 19.7. The molecule has 1 aliphatic carbocycles. The Morgan fingerprint density at radius 1 is 1.00 bits per heavy atom. The summed E-state index contributed by atoms with van der Waals surface area (Å²) in [5.41, 5.74) is 1.28. The molecule has 0 N–H and O–H groups in total. The van der Waals surface area contributed by atoms with E-state index in [1.54, 1.807) is 11.8 Å². The third kappa shape index (κ3) is 4.42. The fourth-order valence-electron chi connectivity index (χ4n) is 5.23. The number of aromatic nitrogens is 3. The van der Waals surface area contributed by atoms with E-state index in [1.165, 1.54) is 48.4 Å². The van der Waals surface area contributed by atoms with Crippen molar-refractivity contribution < 1.29 is 4.79 Å². The van der Waals surface area contributed by atoms with E-state index in [0.29, 0.717) is 6.04 Å². The van der Waals surface area contributed by atoms with Crippen LogP contribution in [-0.2, 0) is 11.2 Å². The number of hydrogen-bond donors (Lipinski definition) is 0. The number of hydrogen-bond acceptors (Lipinski definition) is 4. The number of carbonyl (C=O) groups is 1. The average molecular weight is 449 g/mol. The summed E-state index contributed by atoms with van der Waals surface area (Å²) in [6, 6.07) is 15.5. The average Bonchev–Trinajstić information content (AvgIpc) is 3.50. The molecule has 1 saturated carbocycles. The molecule has 5 nitrogen and oxygen atoms in total. The minimum atomic E-state index is -0.134. The molecule has 3 aromatic rings. The van der Waals surface area contributed by atoms with Crippen LogP contribution in [0.5, 0.6) is 0 Å². The molecule has 1 unspecified atom stereocenters. The van der Waals surface area contributed by atoms with Gasteiger partial charge in [0.2, 0.25) is 5.91 Å². The Bertz CT molecular complexity index is 1080. The van der Waals surface area contributed by atoms with E-state index in [1.807, 2.05) is 11.8 Å². The number of likely N-dealkylation sites (tertiary alicyclic amines) is 1. The highest BCUT2D eigenvalue weighted by Gasteiger charge is 2.28. The van der Waals surface area contributed by atoms with Gasteiger partial charge in [0, 0.05) is 25.6 Å². The first-order valence-electron chi connectivity index (χ1n) is 12.1. The van der Waals surface area contributed by atoms with Crippen LogP contribution in [0.4, 0.5) is 0 Å². The van der Waals surface area contributed by atoms with Gasteiger partial charge in [-0.1, -0.05) is 73.5 Å². The summed E-state index contributed by atoms with van der Waals surface area (Å²) >= 11 is 1.59. The highest BCUT2D eigenvalue weighted by Crippen LogP contribution is 2.35. The first kappa shape index (κ1) is 21.5. The summed E-state index contributed by atoms with van der Waals surface area (Å²) in [6.45, 7) is 3.81. The van der Waals surface area contributed by atoms with E-state index in [-0.39, 0.29) is 11.2 Å². The topological polar surface area (TPSA) is 51.0 Å². The zero-order chi connectivity index (χ0) is 21.9. The van der Waals surface area contributed by atoms with E-state index in [0.717, 1.165) is 43.3 Å². The molecule has 1 aromatic heterocycles. The van der Waals surface area contributed by atoms with Crippen molar-refractivity contribution in [1.29, 1.82) is 0 Å². The molecule has 1 aliphatic heterocycles. The van der Waals surface area contributed by atoms with Crippen LogP contribution in [-0.4, -0.2) is 43.9 Å². The molecule has 2 heterocycles. The third-order valence-corrected chi connectivity index (χ3v) is 8.00. The van der Waals surface area contributed by atoms with Gasteiger partial charge in [-0.25, -0.2) is 0 Å². The van der Waals surface area contributed by atoms with Gasteiger partial charge in [-0.2, -0.15) is 0 Å².